The Hall–Kier alpha value is -1.00. The zero-order valence-electron chi connectivity index (χ0n) is 8.03. The van der Waals surface area contributed by atoms with Crippen molar-refractivity contribution in [2.45, 2.75) is 12.2 Å². The number of carbonyl (C=O) groups is 1. The van der Waals surface area contributed by atoms with Crippen molar-refractivity contribution < 1.29 is 4.79 Å². The molecule has 0 aromatic heterocycles. The highest BCUT2D eigenvalue weighted by atomic mass is 35.5. The van der Waals surface area contributed by atoms with Gasteiger partial charge in [0.2, 0.25) is 5.91 Å². The van der Waals surface area contributed by atoms with Gasteiger partial charge in [0.25, 0.3) is 0 Å². The van der Waals surface area contributed by atoms with E-state index in [1.807, 2.05) is 25.1 Å². The topological polar surface area (TPSA) is 41.5 Å². The molecule has 1 aliphatic heterocycles. The molecule has 5 heteroatoms. The second kappa shape index (κ2) is 4.24. The number of amidine groups is 1. The summed E-state index contributed by atoms with van der Waals surface area (Å²) in [5, 5.41) is 3.81. The highest BCUT2D eigenvalue weighted by Crippen LogP contribution is 2.27. The van der Waals surface area contributed by atoms with E-state index >= 15 is 0 Å². The zero-order chi connectivity index (χ0) is 10.8. The number of hydrogen-bond donors (Lipinski definition) is 1. The van der Waals surface area contributed by atoms with Gasteiger partial charge in [-0.1, -0.05) is 35.5 Å². The van der Waals surface area contributed by atoms with Crippen LogP contribution in [0.15, 0.2) is 29.3 Å². The van der Waals surface area contributed by atoms with Crippen molar-refractivity contribution in [2.75, 3.05) is 0 Å². The second-order valence-electron chi connectivity index (χ2n) is 3.12. The lowest BCUT2D eigenvalue weighted by molar-refractivity contribution is -0.118. The number of rotatable bonds is 1. The molecule has 0 bridgehead atoms. The highest BCUT2D eigenvalue weighted by molar-refractivity contribution is 8.15. The van der Waals surface area contributed by atoms with Crippen molar-refractivity contribution >= 4 is 40.1 Å². The fraction of sp³-hybridized carbons (Fsp3) is 0.200. The Bertz CT molecular complexity index is 433. The van der Waals surface area contributed by atoms with Crippen LogP contribution in [0.3, 0.4) is 0 Å². The number of aliphatic imine (C=N–C) groups is 1. The van der Waals surface area contributed by atoms with Gasteiger partial charge in [-0.25, -0.2) is 4.99 Å². The summed E-state index contributed by atoms with van der Waals surface area (Å²) in [5.74, 6) is -0.00852. The van der Waals surface area contributed by atoms with Crippen LogP contribution in [-0.4, -0.2) is 16.3 Å². The third-order valence-corrected chi connectivity index (χ3v) is 3.27. The van der Waals surface area contributed by atoms with Crippen molar-refractivity contribution in [2.24, 2.45) is 4.99 Å². The molecule has 2 rings (SSSR count). The van der Waals surface area contributed by atoms with Crippen LogP contribution in [0, 0.1) is 0 Å². The summed E-state index contributed by atoms with van der Waals surface area (Å²) in [6, 6.07) is 7.28. The van der Waals surface area contributed by atoms with Gasteiger partial charge in [-0.15, -0.1) is 0 Å². The molecule has 3 nitrogen and oxygen atoms in total. The number of nitrogens with one attached hydrogen (secondary N) is 1. The first-order valence-corrected chi connectivity index (χ1v) is 5.73. The third-order valence-electron chi connectivity index (χ3n) is 1.96. The molecule has 78 valence electrons. The minimum atomic E-state index is -0.0776. The maximum atomic E-state index is 11.2. The Morgan fingerprint density at radius 2 is 2.20 bits per heavy atom. The Kier molecular flexibility index (Phi) is 2.98. The number of hydrogen-bond acceptors (Lipinski definition) is 3. The van der Waals surface area contributed by atoms with E-state index in [2.05, 4.69) is 10.3 Å². The van der Waals surface area contributed by atoms with E-state index in [1.54, 1.807) is 6.07 Å². The van der Waals surface area contributed by atoms with E-state index in [4.69, 9.17) is 11.6 Å². The molecule has 0 unspecified atom stereocenters. The molecule has 0 saturated carbocycles. The number of halogens is 1. The molecule has 0 spiro atoms. The number of para-hydroxylation sites is 1. The summed E-state index contributed by atoms with van der Waals surface area (Å²) in [6.45, 7) is 1.84. The highest BCUT2D eigenvalue weighted by Gasteiger charge is 2.25. The average molecular weight is 241 g/mol. The van der Waals surface area contributed by atoms with Crippen molar-refractivity contribution in [3.63, 3.8) is 0 Å². The summed E-state index contributed by atoms with van der Waals surface area (Å²) in [6.07, 6.45) is 0. The van der Waals surface area contributed by atoms with Gasteiger partial charge < -0.3 is 5.32 Å². The Balaban J connectivity index is 2.25. The Morgan fingerprint density at radius 1 is 1.47 bits per heavy atom. The predicted octanol–water partition coefficient (Wildman–Crippen LogP) is 2.58. The van der Waals surface area contributed by atoms with Gasteiger partial charge in [-0.2, -0.15) is 0 Å². The minimum Gasteiger partial charge on any atom is -0.304 e. The lowest BCUT2D eigenvalue weighted by Crippen LogP contribution is -2.23. The predicted molar refractivity (Wildman–Crippen MR) is 63.7 cm³/mol. The molecule has 1 aliphatic rings. The first-order valence-electron chi connectivity index (χ1n) is 4.47. The Labute approximate surface area is 96.9 Å². The van der Waals surface area contributed by atoms with Crippen molar-refractivity contribution in [1.29, 1.82) is 0 Å². The molecule has 1 aromatic carbocycles. The fourth-order valence-corrected chi connectivity index (χ4v) is 2.15. The van der Waals surface area contributed by atoms with Crippen LogP contribution in [-0.2, 0) is 4.79 Å². The van der Waals surface area contributed by atoms with E-state index in [9.17, 15) is 4.79 Å². The van der Waals surface area contributed by atoms with E-state index in [0.717, 1.165) is 0 Å². The van der Waals surface area contributed by atoms with E-state index in [1.165, 1.54) is 11.8 Å². The smallest absolute Gasteiger partial charge is 0.239 e. The molecule has 1 N–H and O–H groups in total. The molecule has 0 aliphatic carbocycles. The van der Waals surface area contributed by atoms with Crippen molar-refractivity contribution in [1.82, 2.24) is 5.32 Å². The number of benzene rings is 1. The molecule has 1 aromatic rings. The van der Waals surface area contributed by atoms with Crippen molar-refractivity contribution in [3.05, 3.63) is 29.3 Å². The minimum absolute atomic E-state index is 0.00852. The fourth-order valence-electron chi connectivity index (χ4n) is 1.16. The van der Waals surface area contributed by atoms with Gasteiger partial charge in [0.15, 0.2) is 5.17 Å². The molecule has 1 heterocycles. The van der Waals surface area contributed by atoms with Gasteiger partial charge in [-0.05, 0) is 19.1 Å². The summed E-state index contributed by atoms with van der Waals surface area (Å²) < 4.78 is 0. The van der Waals surface area contributed by atoms with E-state index < -0.39 is 0 Å². The number of nitrogens with zero attached hydrogens (tertiary/aromatic N) is 1. The lowest BCUT2D eigenvalue weighted by Gasteiger charge is -1.98. The van der Waals surface area contributed by atoms with Gasteiger partial charge in [0.1, 0.15) is 0 Å². The van der Waals surface area contributed by atoms with Crippen LogP contribution < -0.4 is 5.32 Å². The lowest BCUT2D eigenvalue weighted by atomic mass is 10.3. The maximum absolute atomic E-state index is 11.2. The van der Waals surface area contributed by atoms with Crippen LogP contribution in [0.1, 0.15) is 6.92 Å². The first kappa shape index (κ1) is 10.5. The zero-order valence-corrected chi connectivity index (χ0v) is 9.60. The average Bonchev–Trinajstić information content (AvgIpc) is 2.50. The Morgan fingerprint density at radius 3 is 2.80 bits per heavy atom. The monoisotopic (exact) mass is 240 g/mol. The van der Waals surface area contributed by atoms with Gasteiger partial charge in [-0.3, -0.25) is 4.79 Å². The van der Waals surface area contributed by atoms with Crippen LogP contribution in [0.25, 0.3) is 0 Å². The molecule has 15 heavy (non-hydrogen) atoms. The largest absolute Gasteiger partial charge is 0.304 e. The number of amides is 1. The third kappa shape index (κ3) is 2.33. The molecule has 0 radical (unpaired) electrons. The van der Waals surface area contributed by atoms with E-state index in [-0.39, 0.29) is 11.2 Å². The summed E-state index contributed by atoms with van der Waals surface area (Å²) in [5.41, 5.74) is 0.677. The van der Waals surface area contributed by atoms with E-state index in [0.29, 0.717) is 15.9 Å². The molecular weight excluding hydrogens is 232 g/mol. The number of thioether (sulfide) groups is 1. The number of carbonyl (C=O) groups excluding carboxylic acids is 1. The quantitative estimate of drug-likeness (QED) is 0.820. The molecule has 1 atom stereocenters. The SMILES string of the molecule is C[C@H]1SC(=Nc2ccccc2Cl)NC1=O. The van der Waals surface area contributed by atoms with Gasteiger partial charge in [0, 0.05) is 0 Å². The van der Waals surface area contributed by atoms with Crippen LogP contribution >= 0.6 is 23.4 Å². The summed E-state index contributed by atoms with van der Waals surface area (Å²) >= 11 is 7.35. The summed E-state index contributed by atoms with van der Waals surface area (Å²) in [4.78, 5) is 15.5. The summed E-state index contributed by atoms with van der Waals surface area (Å²) in [7, 11) is 0. The van der Waals surface area contributed by atoms with Crippen LogP contribution in [0.5, 0.6) is 0 Å². The first-order chi connectivity index (χ1) is 7.16. The maximum Gasteiger partial charge on any atom is 0.239 e. The van der Waals surface area contributed by atoms with Crippen LogP contribution in [0.2, 0.25) is 5.02 Å². The molecular formula is C10H9ClN2OS. The normalized spacial score (nSPS) is 23.2. The van der Waals surface area contributed by atoms with Crippen molar-refractivity contribution in [3.8, 4) is 0 Å². The second-order valence-corrected chi connectivity index (χ2v) is 4.85. The van der Waals surface area contributed by atoms with Gasteiger partial charge >= 0.3 is 0 Å². The van der Waals surface area contributed by atoms with Crippen LogP contribution in [0.4, 0.5) is 5.69 Å². The molecule has 1 saturated heterocycles. The standard InChI is InChI=1S/C10H9ClN2OS/c1-6-9(14)13-10(15-6)12-8-5-3-2-4-7(8)11/h2-6H,1H3,(H,12,13,14)/t6-/m1/s1. The van der Waals surface area contributed by atoms with Gasteiger partial charge in [0.05, 0.1) is 16.0 Å². The molecule has 1 fully saturated rings. The molecule has 1 amide bonds.